The molecule has 0 fully saturated rings. The van der Waals surface area contributed by atoms with Crippen molar-refractivity contribution in [2.75, 3.05) is 0 Å². The smallest absolute Gasteiger partial charge is 0.135 e. The van der Waals surface area contributed by atoms with Crippen LogP contribution in [-0.2, 0) is 0 Å². The largest absolute Gasteiger partial charge is 0.456 e. The summed E-state index contributed by atoms with van der Waals surface area (Å²) >= 11 is 0. The van der Waals surface area contributed by atoms with Crippen molar-refractivity contribution in [3.63, 3.8) is 0 Å². The quantitative estimate of drug-likeness (QED) is 0.200. The highest BCUT2D eigenvalue weighted by atomic mass is 16.5. The average Bonchev–Trinajstić information content (AvgIpc) is 3.08. The third-order valence-electron chi connectivity index (χ3n) is 8.79. The molecule has 0 saturated carbocycles. The van der Waals surface area contributed by atoms with Crippen LogP contribution in [0.1, 0.15) is 1.37 Å². The second kappa shape index (κ2) is 9.44. The monoisotopic (exact) mass is 547 g/mol. The summed E-state index contributed by atoms with van der Waals surface area (Å²) in [6.07, 6.45) is 0. The number of hydrogen-bond donors (Lipinski definition) is 0. The fraction of sp³-hybridized carbons (Fsp3) is 0. The molecule has 0 aromatic heterocycles. The first kappa shape index (κ1) is 23.0. The molecule has 0 atom stereocenters. The van der Waals surface area contributed by atoms with Crippen molar-refractivity contribution in [3.05, 3.63) is 158 Å². The van der Waals surface area contributed by atoms with Gasteiger partial charge in [-0.3, -0.25) is 0 Å². The third kappa shape index (κ3) is 3.72. The third-order valence-corrected chi connectivity index (χ3v) is 8.79. The molecule has 0 bridgehead atoms. The van der Waals surface area contributed by atoms with Crippen molar-refractivity contribution in [3.8, 4) is 56.0 Å². The van der Waals surface area contributed by atoms with E-state index < -0.39 is 0 Å². The SMILES string of the molecule is [2H]c1ccc2c(-c3ccc4c(c3)-c3cccc5cccc(c35)O4)c3ccccc3c(-c3ccc(-c4ccccc4)cc3)c2c1. The first-order valence-corrected chi connectivity index (χ1v) is 14.7. The lowest BCUT2D eigenvalue weighted by Gasteiger charge is -2.23. The zero-order valence-corrected chi connectivity index (χ0v) is 23.3. The Kier molecular flexibility index (Phi) is 5.04. The van der Waals surface area contributed by atoms with Gasteiger partial charge >= 0.3 is 0 Å². The summed E-state index contributed by atoms with van der Waals surface area (Å²) in [5.41, 5.74) is 9.29. The van der Waals surface area contributed by atoms with Gasteiger partial charge < -0.3 is 4.74 Å². The van der Waals surface area contributed by atoms with Crippen molar-refractivity contribution in [1.29, 1.82) is 0 Å². The van der Waals surface area contributed by atoms with Crippen LogP contribution in [0.3, 0.4) is 0 Å². The molecule has 0 aliphatic carbocycles. The molecule has 1 aliphatic rings. The second-order valence-corrected chi connectivity index (χ2v) is 11.2. The molecule has 200 valence electrons. The van der Waals surface area contributed by atoms with E-state index in [2.05, 4.69) is 127 Å². The highest BCUT2D eigenvalue weighted by Crippen LogP contribution is 2.49. The Labute approximate surface area is 251 Å². The predicted octanol–water partition coefficient (Wildman–Crippen LogP) is 11.9. The van der Waals surface area contributed by atoms with Gasteiger partial charge in [0.1, 0.15) is 11.5 Å². The Bertz CT molecular complexity index is 2400. The molecule has 0 saturated heterocycles. The zero-order chi connectivity index (χ0) is 29.2. The van der Waals surface area contributed by atoms with Crippen LogP contribution in [-0.4, -0.2) is 0 Å². The van der Waals surface area contributed by atoms with E-state index >= 15 is 0 Å². The van der Waals surface area contributed by atoms with Crippen LogP contribution in [0.2, 0.25) is 0 Å². The number of benzene rings is 8. The Morgan fingerprint density at radius 2 is 1.00 bits per heavy atom. The van der Waals surface area contributed by atoms with E-state index in [9.17, 15) is 0 Å². The fourth-order valence-corrected chi connectivity index (χ4v) is 6.87. The molecule has 1 aliphatic heterocycles. The molecule has 1 nitrogen and oxygen atoms in total. The highest BCUT2D eigenvalue weighted by Gasteiger charge is 2.22. The molecule has 43 heavy (non-hydrogen) atoms. The number of hydrogen-bond acceptors (Lipinski definition) is 1. The van der Waals surface area contributed by atoms with Gasteiger partial charge in [0, 0.05) is 10.9 Å². The topological polar surface area (TPSA) is 9.23 Å². The van der Waals surface area contributed by atoms with Gasteiger partial charge in [-0.25, -0.2) is 0 Å². The molecule has 0 radical (unpaired) electrons. The fourth-order valence-electron chi connectivity index (χ4n) is 6.87. The maximum absolute atomic E-state index is 8.61. The van der Waals surface area contributed by atoms with E-state index in [4.69, 9.17) is 6.11 Å². The maximum atomic E-state index is 8.61. The summed E-state index contributed by atoms with van der Waals surface area (Å²) in [7, 11) is 0. The summed E-state index contributed by atoms with van der Waals surface area (Å²) in [6.45, 7) is 0. The van der Waals surface area contributed by atoms with Crippen LogP contribution in [0.4, 0.5) is 0 Å². The van der Waals surface area contributed by atoms with Crippen molar-refractivity contribution in [2.45, 2.75) is 0 Å². The van der Waals surface area contributed by atoms with Crippen molar-refractivity contribution in [2.24, 2.45) is 0 Å². The standard InChI is InChI=1S/C42H26O/c1-2-10-27(11-3-1)28-20-22-30(23-21-28)40-32-14-4-6-16-34(32)41(35-17-7-5-15-33(35)40)31-24-25-38-37(26-31)36-18-8-12-29-13-9-19-39(43-38)42(29)36/h1-26H/i4D. The Balaban J connectivity index is 1.30. The van der Waals surface area contributed by atoms with E-state index in [-0.39, 0.29) is 0 Å². The molecule has 0 unspecified atom stereocenters. The summed E-state index contributed by atoms with van der Waals surface area (Å²) in [4.78, 5) is 0. The number of ether oxygens (including phenoxy) is 1. The lowest BCUT2D eigenvalue weighted by molar-refractivity contribution is 0.487. The molecule has 8 aromatic carbocycles. The Hall–Kier alpha value is -5.66. The molecular weight excluding hydrogens is 520 g/mol. The van der Waals surface area contributed by atoms with Gasteiger partial charge in [-0.2, -0.15) is 0 Å². The van der Waals surface area contributed by atoms with Crippen LogP contribution in [0.5, 0.6) is 11.5 Å². The van der Waals surface area contributed by atoms with Gasteiger partial charge in [-0.05, 0) is 84.1 Å². The second-order valence-electron chi connectivity index (χ2n) is 11.2. The van der Waals surface area contributed by atoms with Gasteiger partial charge in [-0.15, -0.1) is 0 Å². The molecule has 0 N–H and O–H groups in total. The molecule has 0 amide bonds. The van der Waals surface area contributed by atoms with Gasteiger partial charge in [0.2, 0.25) is 0 Å². The molecule has 0 spiro atoms. The molecule has 9 rings (SSSR count). The normalized spacial score (nSPS) is 12.2. The molecular formula is C42H26O. The molecule has 1 heteroatoms. The first-order chi connectivity index (χ1) is 21.7. The summed E-state index contributed by atoms with van der Waals surface area (Å²) in [5.74, 6) is 1.77. The minimum Gasteiger partial charge on any atom is -0.456 e. The van der Waals surface area contributed by atoms with Gasteiger partial charge in [0.15, 0.2) is 0 Å². The Morgan fingerprint density at radius 3 is 1.79 bits per heavy atom. The van der Waals surface area contributed by atoms with E-state index in [0.29, 0.717) is 6.04 Å². The first-order valence-electron chi connectivity index (χ1n) is 15.2. The zero-order valence-electron chi connectivity index (χ0n) is 24.3. The van der Waals surface area contributed by atoms with E-state index in [0.717, 1.165) is 49.9 Å². The lowest BCUT2D eigenvalue weighted by Crippen LogP contribution is -1.97. The van der Waals surface area contributed by atoms with Crippen LogP contribution in [0.15, 0.2) is 158 Å². The van der Waals surface area contributed by atoms with Crippen molar-refractivity contribution < 1.29 is 6.11 Å². The van der Waals surface area contributed by atoms with Gasteiger partial charge in [-0.1, -0.05) is 140 Å². The van der Waals surface area contributed by atoms with E-state index in [1.54, 1.807) is 0 Å². The van der Waals surface area contributed by atoms with Crippen LogP contribution < -0.4 is 4.74 Å². The van der Waals surface area contributed by atoms with Crippen LogP contribution in [0, 0.1) is 0 Å². The van der Waals surface area contributed by atoms with E-state index in [1.165, 1.54) is 38.4 Å². The van der Waals surface area contributed by atoms with Crippen molar-refractivity contribution >= 4 is 32.3 Å². The predicted molar refractivity (Wildman–Crippen MR) is 181 cm³/mol. The van der Waals surface area contributed by atoms with Crippen molar-refractivity contribution in [1.82, 2.24) is 0 Å². The minimum absolute atomic E-state index is 0.503. The van der Waals surface area contributed by atoms with Crippen LogP contribution in [0.25, 0.3) is 76.8 Å². The summed E-state index contributed by atoms with van der Waals surface area (Å²) in [6, 6.07) is 53.8. The van der Waals surface area contributed by atoms with Gasteiger partial charge in [0.25, 0.3) is 0 Å². The highest BCUT2D eigenvalue weighted by molar-refractivity contribution is 6.21. The molecule has 1 heterocycles. The number of rotatable bonds is 3. The van der Waals surface area contributed by atoms with Crippen LogP contribution >= 0.6 is 0 Å². The Morgan fingerprint density at radius 1 is 0.395 bits per heavy atom. The lowest BCUT2D eigenvalue weighted by atomic mass is 9.84. The summed E-state index contributed by atoms with van der Waals surface area (Å²) in [5, 5.41) is 6.92. The maximum Gasteiger partial charge on any atom is 0.135 e. The molecule has 8 aromatic rings. The minimum atomic E-state index is 0.503. The average molecular weight is 548 g/mol. The summed E-state index contributed by atoms with van der Waals surface area (Å²) < 4.78 is 15.0. The van der Waals surface area contributed by atoms with E-state index in [1.807, 2.05) is 24.3 Å². The van der Waals surface area contributed by atoms with Gasteiger partial charge in [0.05, 0.1) is 1.37 Å². The number of fused-ring (bicyclic) bond motifs is 4.